The number of pyridine rings is 1. The average molecular weight is 355 g/mol. The van der Waals surface area contributed by atoms with Crippen LogP contribution in [0.15, 0.2) is 24.4 Å². The highest BCUT2D eigenvalue weighted by molar-refractivity contribution is 6.34. The van der Waals surface area contributed by atoms with Crippen molar-refractivity contribution in [3.63, 3.8) is 0 Å². The van der Waals surface area contributed by atoms with Gasteiger partial charge in [-0.15, -0.1) is 0 Å². The predicted octanol–water partition coefficient (Wildman–Crippen LogP) is 5.12. The summed E-state index contributed by atoms with van der Waals surface area (Å²) in [7, 11) is 0. The van der Waals surface area contributed by atoms with E-state index in [0.717, 1.165) is 6.07 Å². The lowest BCUT2D eigenvalue weighted by molar-refractivity contribution is -0.384. The van der Waals surface area contributed by atoms with Gasteiger partial charge in [0.25, 0.3) is 5.69 Å². The van der Waals surface area contributed by atoms with Crippen LogP contribution in [0.5, 0.6) is 0 Å². The van der Waals surface area contributed by atoms with E-state index >= 15 is 0 Å². The zero-order valence-electron chi connectivity index (χ0n) is 10.3. The topological polar surface area (TPSA) is 56.0 Å². The summed E-state index contributed by atoms with van der Waals surface area (Å²) in [4.78, 5) is 13.4. The Morgan fingerprint density at radius 2 is 1.77 bits per heavy atom. The molecule has 0 aliphatic heterocycles. The van der Waals surface area contributed by atoms with Gasteiger partial charge in [0, 0.05) is 23.9 Å². The molecule has 2 aromatic rings. The Morgan fingerprint density at radius 1 is 1.14 bits per heavy atom. The van der Waals surface area contributed by atoms with Crippen LogP contribution in [0.4, 0.5) is 23.2 Å². The molecule has 0 aliphatic rings. The lowest BCUT2D eigenvalue weighted by Crippen LogP contribution is -2.06. The van der Waals surface area contributed by atoms with Gasteiger partial charge in [0.2, 0.25) is 0 Å². The van der Waals surface area contributed by atoms with Crippen LogP contribution in [0.1, 0.15) is 5.56 Å². The summed E-state index contributed by atoms with van der Waals surface area (Å²) < 4.78 is 51.4. The number of aromatic nitrogens is 1. The second-order valence-electron chi connectivity index (χ2n) is 4.09. The number of alkyl halides is 3. The largest absolute Gasteiger partial charge is 0.417 e. The molecular formula is C12H4Cl2F4N2O2. The molecule has 0 bridgehead atoms. The second-order valence-corrected chi connectivity index (χ2v) is 4.91. The van der Waals surface area contributed by atoms with Crippen LogP contribution < -0.4 is 0 Å². The summed E-state index contributed by atoms with van der Waals surface area (Å²) in [6.45, 7) is 0. The molecule has 0 fully saturated rings. The Bertz CT molecular complexity index is 766. The first kappa shape index (κ1) is 16.4. The highest BCUT2D eigenvalue weighted by Gasteiger charge is 2.32. The smallest absolute Gasteiger partial charge is 0.258 e. The van der Waals surface area contributed by atoms with Gasteiger partial charge in [-0.2, -0.15) is 13.2 Å². The summed E-state index contributed by atoms with van der Waals surface area (Å²) in [6.07, 6.45) is -4.21. The van der Waals surface area contributed by atoms with E-state index in [9.17, 15) is 27.7 Å². The molecular weight excluding hydrogens is 351 g/mol. The number of nitro benzene ring substituents is 1. The van der Waals surface area contributed by atoms with E-state index in [-0.39, 0.29) is 5.69 Å². The van der Waals surface area contributed by atoms with Crippen LogP contribution in [0.25, 0.3) is 11.3 Å². The Morgan fingerprint density at radius 3 is 2.27 bits per heavy atom. The van der Waals surface area contributed by atoms with Crippen molar-refractivity contribution in [1.29, 1.82) is 0 Å². The minimum atomic E-state index is -4.67. The van der Waals surface area contributed by atoms with Crippen LogP contribution >= 0.6 is 23.2 Å². The molecule has 0 N–H and O–H groups in total. The van der Waals surface area contributed by atoms with E-state index < -0.39 is 43.8 Å². The third-order valence-electron chi connectivity index (χ3n) is 2.66. The normalized spacial score (nSPS) is 11.5. The fourth-order valence-electron chi connectivity index (χ4n) is 1.65. The van der Waals surface area contributed by atoms with Crippen LogP contribution in [0.2, 0.25) is 10.0 Å². The van der Waals surface area contributed by atoms with Gasteiger partial charge < -0.3 is 0 Å². The van der Waals surface area contributed by atoms with Crippen LogP contribution in [0.3, 0.4) is 0 Å². The molecule has 1 heterocycles. The third kappa shape index (κ3) is 3.12. The number of nitro groups is 1. The molecule has 0 saturated carbocycles. The molecule has 22 heavy (non-hydrogen) atoms. The molecule has 1 aromatic carbocycles. The summed E-state index contributed by atoms with van der Waals surface area (Å²) in [5.74, 6) is -0.996. The molecule has 0 unspecified atom stereocenters. The highest BCUT2D eigenvalue weighted by atomic mass is 35.5. The fraction of sp³-hybridized carbons (Fsp3) is 0.0833. The maximum atomic E-state index is 13.9. The van der Waals surface area contributed by atoms with E-state index in [4.69, 9.17) is 23.2 Å². The van der Waals surface area contributed by atoms with Gasteiger partial charge in [0.1, 0.15) is 10.8 Å². The maximum absolute atomic E-state index is 13.9. The molecule has 0 saturated heterocycles. The molecule has 116 valence electrons. The highest BCUT2D eigenvalue weighted by Crippen LogP contribution is 2.37. The number of rotatable bonds is 2. The Balaban J connectivity index is 2.62. The van der Waals surface area contributed by atoms with Gasteiger partial charge in [-0.05, 0) is 6.07 Å². The van der Waals surface area contributed by atoms with Crippen molar-refractivity contribution in [2.45, 2.75) is 6.18 Å². The monoisotopic (exact) mass is 354 g/mol. The lowest BCUT2D eigenvalue weighted by Gasteiger charge is -2.10. The summed E-state index contributed by atoms with van der Waals surface area (Å²) in [5.41, 5.74) is -2.51. The standard InChI is InChI=1S/C12H4Cl2F4N2O2/c13-7-3-9(15)6(2-10(7)20(21)22)11-8(14)1-5(4-19-11)12(16,17)18/h1-4H. The fourth-order valence-corrected chi connectivity index (χ4v) is 2.14. The number of halogens is 6. The summed E-state index contributed by atoms with van der Waals surface area (Å²) >= 11 is 11.2. The van der Waals surface area contributed by atoms with E-state index in [1.807, 2.05) is 0 Å². The van der Waals surface area contributed by atoms with Crippen LogP contribution in [-0.2, 0) is 6.18 Å². The van der Waals surface area contributed by atoms with Crippen LogP contribution in [0, 0.1) is 15.9 Å². The third-order valence-corrected chi connectivity index (χ3v) is 3.25. The zero-order valence-corrected chi connectivity index (χ0v) is 11.8. The van der Waals surface area contributed by atoms with Crippen LogP contribution in [-0.4, -0.2) is 9.91 Å². The average Bonchev–Trinajstić information content (AvgIpc) is 2.38. The van der Waals surface area contributed by atoms with Gasteiger partial charge in [-0.25, -0.2) is 4.39 Å². The SMILES string of the molecule is O=[N+]([O-])c1cc(-c2ncc(C(F)(F)F)cc2Cl)c(F)cc1Cl. The molecule has 10 heteroatoms. The quantitative estimate of drug-likeness (QED) is 0.427. The van der Waals surface area contributed by atoms with E-state index in [1.54, 1.807) is 0 Å². The van der Waals surface area contributed by atoms with Crippen molar-refractivity contribution in [1.82, 2.24) is 4.98 Å². The Labute approximate surface area is 130 Å². The van der Waals surface area contributed by atoms with E-state index in [2.05, 4.69) is 4.98 Å². The van der Waals surface area contributed by atoms with Crippen molar-refractivity contribution < 1.29 is 22.5 Å². The van der Waals surface area contributed by atoms with Gasteiger partial charge in [0.15, 0.2) is 0 Å². The molecule has 0 atom stereocenters. The second kappa shape index (κ2) is 5.69. The van der Waals surface area contributed by atoms with Crippen molar-refractivity contribution in [2.24, 2.45) is 0 Å². The van der Waals surface area contributed by atoms with Crippen molar-refractivity contribution in [3.8, 4) is 11.3 Å². The molecule has 0 spiro atoms. The molecule has 0 aliphatic carbocycles. The molecule has 0 amide bonds. The van der Waals surface area contributed by atoms with Gasteiger partial charge in [-0.1, -0.05) is 23.2 Å². The first-order valence-corrected chi connectivity index (χ1v) is 6.23. The maximum Gasteiger partial charge on any atom is 0.417 e. The van der Waals surface area contributed by atoms with Gasteiger partial charge in [-0.3, -0.25) is 15.1 Å². The Kier molecular flexibility index (Phi) is 4.25. The van der Waals surface area contributed by atoms with Crippen molar-refractivity contribution in [2.75, 3.05) is 0 Å². The number of hydrogen-bond acceptors (Lipinski definition) is 3. The number of benzene rings is 1. The molecule has 1 aromatic heterocycles. The molecule has 2 rings (SSSR count). The van der Waals surface area contributed by atoms with Crippen molar-refractivity contribution in [3.05, 3.63) is 55.9 Å². The van der Waals surface area contributed by atoms with E-state index in [1.165, 1.54) is 0 Å². The number of nitrogens with zero attached hydrogens (tertiary/aromatic N) is 2. The number of hydrogen-bond donors (Lipinski definition) is 0. The zero-order chi connectivity index (χ0) is 16.7. The first-order chi connectivity index (χ1) is 10.1. The summed E-state index contributed by atoms with van der Waals surface area (Å²) in [6, 6.07) is 1.99. The molecule has 4 nitrogen and oxygen atoms in total. The lowest BCUT2D eigenvalue weighted by atomic mass is 10.1. The Hall–Kier alpha value is -1.93. The summed E-state index contributed by atoms with van der Waals surface area (Å²) in [5, 5.41) is 9.84. The van der Waals surface area contributed by atoms with E-state index in [0.29, 0.717) is 18.3 Å². The molecule has 0 radical (unpaired) electrons. The minimum Gasteiger partial charge on any atom is -0.258 e. The predicted molar refractivity (Wildman–Crippen MR) is 71.3 cm³/mol. The van der Waals surface area contributed by atoms with Crippen molar-refractivity contribution >= 4 is 28.9 Å². The first-order valence-electron chi connectivity index (χ1n) is 5.48. The minimum absolute atomic E-state index is 0.355. The van der Waals surface area contributed by atoms with Gasteiger partial charge in [0.05, 0.1) is 21.2 Å². The van der Waals surface area contributed by atoms with Gasteiger partial charge >= 0.3 is 6.18 Å².